The quantitative estimate of drug-likeness (QED) is 0.622. The highest BCUT2D eigenvalue weighted by atomic mass is 16.6. The van der Waals surface area contributed by atoms with E-state index in [9.17, 15) is 14.9 Å². The molecule has 1 saturated heterocycles. The molecule has 1 atom stereocenters. The highest BCUT2D eigenvalue weighted by molar-refractivity contribution is 5.68. The second-order valence-electron chi connectivity index (χ2n) is 6.17. The molecule has 0 aliphatic carbocycles. The zero-order chi connectivity index (χ0) is 16.5. The van der Waals surface area contributed by atoms with Crippen LogP contribution in [0.25, 0.3) is 0 Å². The fraction of sp³-hybridized carbons (Fsp3) is 0.692. The molecule has 0 saturated carbocycles. The van der Waals surface area contributed by atoms with E-state index in [-0.39, 0.29) is 17.7 Å². The molecule has 1 fully saturated rings. The summed E-state index contributed by atoms with van der Waals surface area (Å²) in [6.07, 6.45) is 1.01. The summed E-state index contributed by atoms with van der Waals surface area (Å²) >= 11 is 0. The summed E-state index contributed by atoms with van der Waals surface area (Å²) < 4.78 is 12.3. The van der Waals surface area contributed by atoms with Crippen molar-refractivity contribution in [2.24, 2.45) is 7.05 Å². The average molecular weight is 312 g/mol. The van der Waals surface area contributed by atoms with E-state index >= 15 is 0 Å². The van der Waals surface area contributed by atoms with Gasteiger partial charge in [0.2, 0.25) is 0 Å². The first-order valence-corrected chi connectivity index (χ1v) is 6.98. The number of aromatic nitrogens is 2. The Kier molecular flexibility index (Phi) is 4.25. The summed E-state index contributed by atoms with van der Waals surface area (Å²) in [4.78, 5) is 23.9. The van der Waals surface area contributed by atoms with Gasteiger partial charge in [0.15, 0.2) is 0 Å². The third-order valence-electron chi connectivity index (χ3n) is 3.14. The number of carbonyl (C=O) groups excluding carboxylic acids is 1. The lowest BCUT2D eigenvalue weighted by Crippen LogP contribution is -2.36. The number of likely N-dealkylation sites (tertiary alicyclic amines) is 1. The van der Waals surface area contributed by atoms with Gasteiger partial charge >= 0.3 is 11.8 Å². The molecule has 1 aromatic rings. The third kappa shape index (κ3) is 3.66. The summed E-state index contributed by atoms with van der Waals surface area (Å²) in [6, 6.07) is 0. The standard InChI is InChI=1S/C13H20N4O5/c1-13(2,3)22-12(18)16-6-5-9(8-16)21-11-10(17(19)20)7-14-15(11)4/h7,9H,5-6,8H2,1-4H3/t9-/m0/s1. The molecule has 22 heavy (non-hydrogen) atoms. The third-order valence-corrected chi connectivity index (χ3v) is 3.14. The van der Waals surface area contributed by atoms with Gasteiger partial charge in [0.25, 0.3) is 5.88 Å². The number of amides is 1. The summed E-state index contributed by atoms with van der Waals surface area (Å²) in [5, 5.41) is 14.8. The number of ether oxygens (including phenoxy) is 2. The molecule has 1 amide bonds. The topological polar surface area (TPSA) is 99.7 Å². The molecule has 0 spiro atoms. The van der Waals surface area contributed by atoms with Gasteiger partial charge < -0.3 is 14.4 Å². The number of aryl methyl sites for hydroxylation is 1. The van der Waals surface area contributed by atoms with Gasteiger partial charge in [0, 0.05) is 20.0 Å². The lowest BCUT2D eigenvalue weighted by molar-refractivity contribution is -0.386. The van der Waals surface area contributed by atoms with Gasteiger partial charge in [-0.3, -0.25) is 10.1 Å². The maximum atomic E-state index is 12.0. The zero-order valence-electron chi connectivity index (χ0n) is 13.1. The maximum absolute atomic E-state index is 12.0. The van der Waals surface area contributed by atoms with E-state index in [1.807, 2.05) is 0 Å². The van der Waals surface area contributed by atoms with Crippen LogP contribution in [0.5, 0.6) is 5.88 Å². The molecule has 0 aromatic carbocycles. The van der Waals surface area contributed by atoms with Crippen LogP contribution in [-0.4, -0.2) is 50.5 Å². The largest absolute Gasteiger partial charge is 0.468 e. The van der Waals surface area contributed by atoms with E-state index in [4.69, 9.17) is 9.47 Å². The molecule has 9 nitrogen and oxygen atoms in total. The highest BCUT2D eigenvalue weighted by Gasteiger charge is 2.33. The monoisotopic (exact) mass is 312 g/mol. The molecule has 2 heterocycles. The van der Waals surface area contributed by atoms with Crippen LogP contribution in [0.3, 0.4) is 0 Å². The number of rotatable bonds is 3. The predicted molar refractivity (Wildman–Crippen MR) is 76.7 cm³/mol. The summed E-state index contributed by atoms with van der Waals surface area (Å²) in [5.74, 6) is 0.0982. The highest BCUT2D eigenvalue weighted by Crippen LogP contribution is 2.28. The second-order valence-corrected chi connectivity index (χ2v) is 6.17. The molecular formula is C13H20N4O5. The molecule has 0 N–H and O–H groups in total. The van der Waals surface area contributed by atoms with Gasteiger partial charge in [-0.25, -0.2) is 9.48 Å². The van der Waals surface area contributed by atoms with E-state index in [1.54, 1.807) is 27.8 Å². The molecule has 0 radical (unpaired) electrons. The van der Waals surface area contributed by atoms with Crippen LogP contribution in [0, 0.1) is 10.1 Å². The van der Waals surface area contributed by atoms with Crippen LogP contribution < -0.4 is 4.74 Å². The Morgan fingerprint density at radius 1 is 1.50 bits per heavy atom. The van der Waals surface area contributed by atoms with Crippen molar-refractivity contribution in [1.29, 1.82) is 0 Å². The van der Waals surface area contributed by atoms with Crippen LogP contribution in [0.2, 0.25) is 0 Å². The van der Waals surface area contributed by atoms with E-state index in [0.717, 1.165) is 6.20 Å². The molecular weight excluding hydrogens is 292 g/mol. The van der Waals surface area contributed by atoms with Gasteiger partial charge in [-0.1, -0.05) is 0 Å². The van der Waals surface area contributed by atoms with Crippen molar-refractivity contribution >= 4 is 11.8 Å². The van der Waals surface area contributed by atoms with Crippen LogP contribution in [0.4, 0.5) is 10.5 Å². The molecule has 9 heteroatoms. The molecule has 0 bridgehead atoms. The molecule has 1 aromatic heterocycles. The summed E-state index contributed by atoms with van der Waals surface area (Å²) in [7, 11) is 1.57. The minimum Gasteiger partial charge on any atom is -0.468 e. The minimum absolute atomic E-state index is 0.0982. The van der Waals surface area contributed by atoms with Crippen LogP contribution in [-0.2, 0) is 11.8 Å². The Bertz CT molecular complexity index is 577. The number of nitro groups is 1. The lowest BCUT2D eigenvalue weighted by Gasteiger charge is -2.24. The Hall–Kier alpha value is -2.32. The maximum Gasteiger partial charge on any atom is 0.410 e. The lowest BCUT2D eigenvalue weighted by atomic mass is 10.2. The second kappa shape index (κ2) is 5.82. The van der Waals surface area contributed by atoms with E-state index < -0.39 is 16.6 Å². The Balaban J connectivity index is 1.99. The fourth-order valence-corrected chi connectivity index (χ4v) is 2.15. The minimum atomic E-state index is -0.559. The van der Waals surface area contributed by atoms with Crippen molar-refractivity contribution in [3.8, 4) is 5.88 Å². The van der Waals surface area contributed by atoms with Gasteiger partial charge in [0.05, 0.1) is 11.5 Å². The van der Waals surface area contributed by atoms with Gasteiger partial charge in [-0.2, -0.15) is 5.10 Å². The van der Waals surface area contributed by atoms with Crippen molar-refractivity contribution in [2.75, 3.05) is 13.1 Å². The van der Waals surface area contributed by atoms with Crippen molar-refractivity contribution in [3.05, 3.63) is 16.3 Å². The normalized spacial score (nSPS) is 18.4. The van der Waals surface area contributed by atoms with E-state index in [1.165, 1.54) is 9.58 Å². The zero-order valence-corrected chi connectivity index (χ0v) is 13.1. The number of nitrogens with zero attached hydrogens (tertiary/aromatic N) is 4. The predicted octanol–water partition coefficient (Wildman–Crippen LogP) is 1.72. The summed E-state index contributed by atoms with van der Waals surface area (Å²) in [5.41, 5.74) is -0.741. The first kappa shape index (κ1) is 16.1. The smallest absolute Gasteiger partial charge is 0.410 e. The van der Waals surface area contributed by atoms with Crippen LogP contribution >= 0.6 is 0 Å². The average Bonchev–Trinajstić information content (AvgIpc) is 2.96. The SMILES string of the molecule is Cn1ncc([N+](=O)[O-])c1O[C@H]1CCN(C(=O)OC(C)(C)C)C1. The Labute approximate surface area is 127 Å². The van der Waals surface area contributed by atoms with Crippen molar-refractivity contribution in [3.63, 3.8) is 0 Å². The van der Waals surface area contributed by atoms with E-state index in [2.05, 4.69) is 5.10 Å². The summed E-state index contributed by atoms with van der Waals surface area (Å²) in [6.45, 7) is 6.22. The van der Waals surface area contributed by atoms with Crippen molar-refractivity contribution in [2.45, 2.75) is 38.9 Å². The van der Waals surface area contributed by atoms with Crippen molar-refractivity contribution < 1.29 is 19.2 Å². The Morgan fingerprint density at radius 3 is 2.77 bits per heavy atom. The fourth-order valence-electron chi connectivity index (χ4n) is 2.15. The van der Waals surface area contributed by atoms with E-state index in [0.29, 0.717) is 19.5 Å². The molecule has 122 valence electrons. The first-order valence-electron chi connectivity index (χ1n) is 6.98. The van der Waals surface area contributed by atoms with Gasteiger partial charge in [-0.15, -0.1) is 0 Å². The first-order chi connectivity index (χ1) is 10.2. The molecule has 2 rings (SSSR count). The molecule has 0 unspecified atom stereocenters. The molecule has 1 aliphatic heterocycles. The number of hydrogen-bond donors (Lipinski definition) is 0. The molecule has 1 aliphatic rings. The van der Waals surface area contributed by atoms with Crippen molar-refractivity contribution in [1.82, 2.24) is 14.7 Å². The number of hydrogen-bond acceptors (Lipinski definition) is 6. The number of carbonyl (C=O) groups is 1. The van der Waals surface area contributed by atoms with Crippen LogP contribution in [0.1, 0.15) is 27.2 Å². The van der Waals surface area contributed by atoms with Gasteiger partial charge in [0.1, 0.15) is 17.9 Å². The Morgan fingerprint density at radius 2 is 2.18 bits per heavy atom. The van der Waals surface area contributed by atoms with Gasteiger partial charge in [-0.05, 0) is 20.8 Å². The van der Waals surface area contributed by atoms with Crippen LogP contribution in [0.15, 0.2) is 6.20 Å².